The van der Waals surface area contributed by atoms with Gasteiger partial charge in [0, 0.05) is 22.7 Å². The zero-order valence-electron chi connectivity index (χ0n) is 12.1. The highest BCUT2D eigenvalue weighted by Crippen LogP contribution is 2.25. The first-order chi connectivity index (χ1) is 11.5. The molecular formula is C17H10Cl2FNO3. The lowest BCUT2D eigenvalue weighted by atomic mass is 10.1. The number of hydrogen-bond acceptors (Lipinski definition) is 3. The zero-order chi connectivity index (χ0) is 17.3. The molecule has 0 saturated carbocycles. The SMILES string of the molecule is O=C(OCC(=O)c1c[nH]c2ccccc12)c1cc(F)c(Cl)cc1Cl. The molecule has 2 aromatic carbocycles. The number of fused-ring (bicyclic) bond motifs is 1. The van der Waals surface area contributed by atoms with Gasteiger partial charge in [0.2, 0.25) is 5.78 Å². The van der Waals surface area contributed by atoms with Gasteiger partial charge in [-0.2, -0.15) is 0 Å². The highest BCUT2D eigenvalue weighted by Gasteiger charge is 2.18. The monoisotopic (exact) mass is 365 g/mol. The number of hydrogen-bond donors (Lipinski definition) is 1. The van der Waals surface area contributed by atoms with Crippen LogP contribution in [0.4, 0.5) is 4.39 Å². The van der Waals surface area contributed by atoms with E-state index in [2.05, 4.69) is 4.98 Å². The van der Waals surface area contributed by atoms with Crippen LogP contribution < -0.4 is 0 Å². The third kappa shape index (κ3) is 3.13. The van der Waals surface area contributed by atoms with Crippen LogP contribution in [0.3, 0.4) is 0 Å². The molecule has 0 saturated heterocycles. The maximum atomic E-state index is 13.4. The summed E-state index contributed by atoms with van der Waals surface area (Å²) in [6.45, 7) is -0.485. The summed E-state index contributed by atoms with van der Waals surface area (Å²) in [7, 11) is 0. The van der Waals surface area contributed by atoms with Gasteiger partial charge in [0.05, 0.1) is 15.6 Å². The van der Waals surface area contributed by atoms with Gasteiger partial charge in [0.1, 0.15) is 5.82 Å². The molecule has 122 valence electrons. The first-order valence-electron chi connectivity index (χ1n) is 6.88. The van der Waals surface area contributed by atoms with E-state index in [-0.39, 0.29) is 21.4 Å². The average Bonchev–Trinajstić information content (AvgIpc) is 3.00. The predicted molar refractivity (Wildman–Crippen MR) is 89.3 cm³/mol. The number of ether oxygens (including phenoxy) is 1. The quantitative estimate of drug-likeness (QED) is 0.415. The summed E-state index contributed by atoms with van der Waals surface area (Å²) >= 11 is 11.4. The number of carbonyl (C=O) groups excluding carboxylic acids is 2. The molecule has 3 rings (SSSR count). The summed E-state index contributed by atoms with van der Waals surface area (Å²) < 4.78 is 18.4. The molecule has 24 heavy (non-hydrogen) atoms. The van der Waals surface area contributed by atoms with Crippen molar-refractivity contribution in [3.8, 4) is 0 Å². The Hall–Kier alpha value is -2.37. The Morgan fingerprint density at radius 2 is 1.83 bits per heavy atom. The van der Waals surface area contributed by atoms with Crippen LogP contribution in [0.5, 0.6) is 0 Å². The Labute approximate surface area is 146 Å². The lowest BCUT2D eigenvalue weighted by Crippen LogP contribution is -2.14. The van der Waals surface area contributed by atoms with Gasteiger partial charge in [-0.3, -0.25) is 4.79 Å². The van der Waals surface area contributed by atoms with Gasteiger partial charge in [-0.1, -0.05) is 41.4 Å². The van der Waals surface area contributed by atoms with Crippen LogP contribution in [0.2, 0.25) is 10.0 Å². The van der Waals surface area contributed by atoms with Crippen LogP contribution in [-0.2, 0) is 4.74 Å². The van der Waals surface area contributed by atoms with Crippen LogP contribution >= 0.6 is 23.2 Å². The third-order valence-electron chi connectivity index (χ3n) is 3.45. The van der Waals surface area contributed by atoms with Crippen molar-refractivity contribution in [2.24, 2.45) is 0 Å². The number of halogens is 3. The normalized spacial score (nSPS) is 10.8. The van der Waals surface area contributed by atoms with Crippen LogP contribution in [0.25, 0.3) is 10.9 Å². The van der Waals surface area contributed by atoms with Crippen LogP contribution in [0, 0.1) is 5.82 Å². The lowest BCUT2D eigenvalue weighted by molar-refractivity contribution is 0.0475. The number of rotatable bonds is 4. The Balaban J connectivity index is 1.75. The van der Waals surface area contributed by atoms with Crippen LogP contribution in [-0.4, -0.2) is 23.3 Å². The number of para-hydroxylation sites is 1. The third-order valence-corrected chi connectivity index (χ3v) is 4.06. The fourth-order valence-corrected chi connectivity index (χ4v) is 2.73. The van der Waals surface area contributed by atoms with E-state index in [0.29, 0.717) is 5.56 Å². The van der Waals surface area contributed by atoms with Crippen molar-refractivity contribution < 1.29 is 18.7 Å². The molecule has 0 unspecified atom stereocenters. The zero-order valence-corrected chi connectivity index (χ0v) is 13.6. The maximum Gasteiger partial charge on any atom is 0.340 e. The lowest BCUT2D eigenvalue weighted by Gasteiger charge is -2.06. The molecule has 4 nitrogen and oxygen atoms in total. The number of carbonyl (C=O) groups is 2. The molecular weight excluding hydrogens is 356 g/mol. The van der Waals surface area contributed by atoms with Crippen molar-refractivity contribution in [2.45, 2.75) is 0 Å². The summed E-state index contributed by atoms with van der Waals surface area (Å²) in [5.74, 6) is -2.08. The van der Waals surface area contributed by atoms with Gasteiger partial charge in [0.25, 0.3) is 0 Å². The largest absolute Gasteiger partial charge is 0.454 e. The summed E-state index contributed by atoms with van der Waals surface area (Å²) in [5, 5.41) is 0.478. The molecule has 0 spiro atoms. The molecule has 1 aromatic heterocycles. The smallest absolute Gasteiger partial charge is 0.340 e. The van der Waals surface area contributed by atoms with Crippen molar-refractivity contribution >= 4 is 45.9 Å². The molecule has 0 aliphatic carbocycles. The molecule has 3 aromatic rings. The van der Waals surface area contributed by atoms with E-state index in [9.17, 15) is 14.0 Å². The molecule has 7 heteroatoms. The summed E-state index contributed by atoms with van der Waals surface area (Å²) in [6, 6.07) is 9.24. The van der Waals surface area contributed by atoms with Crippen LogP contribution in [0.15, 0.2) is 42.6 Å². The first-order valence-corrected chi connectivity index (χ1v) is 7.64. The fourth-order valence-electron chi connectivity index (χ4n) is 2.27. The topological polar surface area (TPSA) is 59.2 Å². The Morgan fingerprint density at radius 3 is 2.62 bits per heavy atom. The predicted octanol–water partition coefficient (Wildman–Crippen LogP) is 4.65. The maximum absolute atomic E-state index is 13.4. The highest BCUT2D eigenvalue weighted by molar-refractivity contribution is 6.36. The van der Waals surface area contributed by atoms with Crippen molar-refractivity contribution in [2.75, 3.05) is 6.61 Å². The first kappa shape index (κ1) is 16.5. The standard InChI is InChI=1S/C17H10Cl2FNO3/c18-12-6-13(19)14(20)5-10(12)17(23)24-8-16(22)11-7-21-15-4-2-1-3-9(11)15/h1-7,21H,8H2. The summed E-state index contributed by atoms with van der Waals surface area (Å²) in [6.07, 6.45) is 1.55. The van der Waals surface area contributed by atoms with E-state index in [1.165, 1.54) is 0 Å². The number of nitrogens with one attached hydrogen (secondary N) is 1. The number of esters is 1. The second-order valence-electron chi connectivity index (χ2n) is 4.99. The molecule has 0 aliphatic heterocycles. The Bertz CT molecular complexity index is 952. The van der Waals surface area contributed by atoms with Crippen molar-refractivity contribution in [1.29, 1.82) is 0 Å². The van der Waals surface area contributed by atoms with E-state index in [0.717, 1.165) is 23.0 Å². The van der Waals surface area contributed by atoms with Crippen molar-refractivity contribution in [3.05, 3.63) is 69.6 Å². The second-order valence-corrected chi connectivity index (χ2v) is 5.81. The minimum absolute atomic E-state index is 0.0501. The van der Waals surface area contributed by atoms with Gasteiger partial charge < -0.3 is 9.72 Å². The second kappa shape index (κ2) is 6.63. The van der Waals surface area contributed by atoms with E-state index in [1.807, 2.05) is 12.1 Å². The number of aromatic amines is 1. The molecule has 0 atom stereocenters. The van der Waals surface area contributed by atoms with E-state index in [4.69, 9.17) is 27.9 Å². The van der Waals surface area contributed by atoms with Crippen molar-refractivity contribution in [1.82, 2.24) is 4.98 Å². The number of aromatic nitrogens is 1. The molecule has 1 heterocycles. The molecule has 0 amide bonds. The van der Waals surface area contributed by atoms with E-state index in [1.54, 1.807) is 18.3 Å². The van der Waals surface area contributed by atoms with Gasteiger partial charge >= 0.3 is 5.97 Å². The van der Waals surface area contributed by atoms with Crippen LogP contribution in [0.1, 0.15) is 20.7 Å². The number of Topliss-reactive ketones (excluding diaryl/α,β-unsaturated/α-hetero) is 1. The Morgan fingerprint density at radius 1 is 1.08 bits per heavy atom. The van der Waals surface area contributed by atoms with Gasteiger partial charge in [0.15, 0.2) is 6.61 Å². The molecule has 0 radical (unpaired) electrons. The van der Waals surface area contributed by atoms with Gasteiger partial charge in [-0.15, -0.1) is 0 Å². The van der Waals surface area contributed by atoms with Gasteiger partial charge in [-0.25, -0.2) is 9.18 Å². The summed E-state index contributed by atoms with van der Waals surface area (Å²) in [5.41, 5.74) is 1.02. The number of benzene rings is 2. The minimum Gasteiger partial charge on any atom is -0.454 e. The Kier molecular flexibility index (Phi) is 4.55. The molecule has 0 fully saturated rings. The average molecular weight is 366 g/mol. The number of H-pyrrole nitrogens is 1. The van der Waals surface area contributed by atoms with E-state index >= 15 is 0 Å². The highest BCUT2D eigenvalue weighted by atomic mass is 35.5. The van der Waals surface area contributed by atoms with Gasteiger partial charge in [-0.05, 0) is 18.2 Å². The number of ketones is 1. The van der Waals surface area contributed by atoms with E-state index < -0.39 is 18.4 Å². The summed E-state index contributed by atoms with van der Waals surface area (Å²) in [4.78, 5) is 27.2. The molecule has 1 N–H and O–H groups in total. The molecule has 0 aliphatic rings. The minimum atomic E-state index is -0.899. The molecule has 0 bridgehead atoms. The van der Waals surface area contributed by atoms with Crippen molar-refractivity contribution in [3.63, 3.8) is 0 Å². The fraction of sp³-hybridized carbons (Fsp3) is 0.0588.